The highest BCUT2D eigenvalue weighted by atomic mass is 32.2. The van der Waals surface area contributed by atoms with Gasteiger partial charge in [-0.1, -0.05) is 0 Å². The van der Waals surface area contributed by atoms with Gasteiger partial charge in [0.05, 0.1) is 11.9 Å². The molecule has 2 aliphatic heterocycles. The Labute approximate surface area is 116 Å². The first kappa shape index (κ1) is 15.2. The van der Waals surface area contributed by atoms with E-state index in [2.05, 4.69) is 5.32 Å². The lowest BCUT2D eigenvalue weighted by Crippen LogP contribution is -2.34. The average Bonchev–Trinajstić information content (AvgIpc) is 2.88. The Morgan fingerprint density at radius 1 is 1.32 bits per heavy atom. The lowest BCUT2D eigenvalue weighted by atomic mass is 9.96. The van der Waals surface area contributed by atoms with Crippen LogP contribution in [0.4, 0.5) is 0 Å². The Kier molecular flexibility index (Phi) is 5.22. The number of nitrogens with one attached hydrogen (secondary N) is 1. The maximum Gasteiger partial charge on any atom is 0.214 e. The van der Waals surface area contributed by atoms with Crippen molar-refractivity contribution >= 4 is 10.0 Å². The standard InChI is InChI=1S/C13H26N2O3S/c1-11(16)13-4-8-15(10-13)19(17,18)9-5-12-2-6-14-7-3-12/h11-14,16H,2-10H2,1H3. The van der Waals surface area contributed by atoms with Crippen LogP contribution in [0.3, 0.4) is 0 Å². The van der Waals surface area contributed by atoms with Crippen molar-refractivity contribution in [3.05, 3.63) is 0 Å². The van der Waals surface area contributed by atoms with Crippen LogP contribution in [0.25, 0.3) is 0 Å². The van der Waals surface area contributed by atoms with Gasteiger partial charge >= 0.3 is 0 Å². The van der Waals surface area contributed by atoms with Gasteiger partial charge in [-0.3, -0.25) is 0 Å². The summed E-state index contributed by atoms with van der Waals surface area (Å²) < 4.78 is 26.1. The Balaban J connectivity index is 1.81. The lowest BCUT2D eigenvalue weighted by Gasteiger charge is -2.24. The first-order valence-corrected chi connectivity index (χ1v) is 8.96. The summed E-state index contributed by atoms with van der Waals surface area (Å²) in [7, 11) is -3.12. The van der Waals surface area contributed by atoms with E-state index < -0.39 is 16.1 Å². The number of aliphatic hydroxyl groups excluding tert-OH is 1. The van der Waals surface area contributed by atoms with E-state index in [1.54, 1.807) is 11.2 Å². The number of rotatable bonds is 5. The van der Waals surface area contributed by atoms with E-state index in [0.717, 1.165) is 38.8 Å². The maximum absolute atomic E-state index is 12.3. The van der Waals surface area contributed by atoms with Crippen LogP contribution in [-0.2, 0) is 10.0 Å². The van der Waals surface area contributed by atoms with Crippen molar-refractivity contribution in [2.24, 2.45) is 11.8 Å². The summed E-state index contributed by atoms with van der Waals surface area (Å²) in [5, 5.41) is 12.8. The second-order valence-corrected chi connectivity index (χ2v) is 8.03. The molecule has 0 aromatic heterocycles. The first-order valence-electron chi connectivity index (χ1n) is 7.35. The summed E-state index contributed by atoms with van der Waals surface area (Å²) in [6.45, 7) is 4.84. The summed E-state index contributed by atoms with van der Waals surface area (Å²) in [5.41, 5.74) is 0. The zero-order valence-electron chi connectivity index (χ0n) is 11.7. The molecule has 2 saturated heterocycles. The lowest BCUT2D eigenvalue weighted by molar-refractivity contribution is 0.133. The van der Waals surface area contributed by atoms with Gasteiger partial charge in [0.2, 0.25) is 10.0 Å². The molecular formula is C13H26N2O3S. The Morgan fingerprint density at radius 2 is 2.00 bits per heavy atom. The van der Waals surface area contributed by atoms with E-state index in [1.807, 2.05) is 0 Å². The number of piperidine rings is 1. The number of sulfonamides is 1. The van der Waals surface area contributed by atoms with Crippen LogP contribution in [0.1, 0.15) is 32.6 Å². The molecule has 2 N–H and O–H groups in total. The molecule has 6 heteroatoms. The molecule has 0 bridgehead atoms. The number of nitrogens with zero attached hydrogens (tertiary/aromatic N) is 1. The summed E-state index contributed by atoms with van der Waals surface area (Å²) >= 11 is 0. The molecule has 2 fully saturated rings. The summed E-state index contributed by atoms with van der Waals surface area (Å²) in [5.74, 6) is 0.921. The normalized spacial score (nSPS) is 28.6. The molecule has 2 heterocycles. The van der Waals surface area contributed by atoms with E-state index in [1.165, 1.54) is 0 Å². The smallest absolute Gasteiger partial charge is 0.214 e. The van der Waals surface area contributed by atoms with E-state index >= 15 is 0 Å². The summed E-state index contributed by atoms with van der Waals surface area (Å²) in [6, 6.07) is 0. The van der Waals surface area contributed by atoms with Crippen molar-refractivity contribution in [3.63, 3.8) is 0 Å². The van der Waals surface area contributed by atoms with Gasteiger partial charge in [-0.15, -0.1) is 0 Å². The van der Waals surface area contributed by atoms with Crippen molar-refractivity contribution in [1.29, 1.82) is 0 Å². The van der Waals surface area contributed by atoms with Crippen LogP contribution >= 0.6 is 0 Å². The minimum absolute atomic E-state index is 0.105. The van der Waals surface area contributed by atoms with E-state index in [0.29, 0.717) is 19.0 Å². The van der Waals surface area contributed by atoms with Crippen LogP contribution < -0.4 is 5.32 Å². The van der Waals surface area contributed by atoms with Gasteiger partial charge in [-0.05, 0) is 57.5 Å². The fraction of sp³-hybridized carbons (Fsp3) is 1.00. The summed E-state index contributed by atoms with van der Waals surface area (Å²) in [4.78, 5) is 0. The third kappa shape index (κ3) is 4.15. The fourth-order valence-electron chi connectivity index (χ4n) is 3.02. The minimum atomic E-state index is -3.12. The molecule has 0 aliphatic carbocycles. The molecule has 19 heavy (non-hydrogen) atoms. The highest BCUT2D eigenvalue weighted by Gasteiger charge is 2.33. The largest absolute Gasteiger partial charge is 0.393 e. The van der Waals surface area contributed by atoms with Gasteiger partial charge in [0.25, 0.3) is 0 Å². The van der Waals surface area contributed by atoms with E-state index in [4.69, 9.17) is 0 Å². The van der Waals surface area contributed by atoms with Crippen LogP contribution in [0.15, 0.2) is 0 Å². The van der Waals surface area contributed by atoms with Gasteiger partial charge in [0.1, 0.15) is 0 Å². The first-order chi connectivity index (χ1) is 8.99. The van der Waals surface area contributed by atoms with Crippen molar-refractivity contribution in [2.45, 2.75) is 38.7 Å². The molecule has 0 aromatic rings. The molecule has 0 spiro atoms. The third-order valence-electron chi connectivity index (χ3n) is 4.51. The number of aliphatic hydroxyl groups is 1. The number of hydrogen-bond donors (Lipinski definition) is 2. The molecule has 0 saturated carbocycles. The average molecular weight is 290 g/mol. The van der Waals surface area contributed by atoms with Gasteiger partial charge in [-0.2, -0.15) is 0 Å². The predicted octanol–water partition coefficient (Wildman–Crippen LogP) is 0.409. The van der Waals surface area contributed by atoms with Crippen LogP contribution in [0.2, 0.25) is 0 Å². The molecular weight excluding hydrogens is 264 g/mol. The molecule has 2 atom stereocenters. The van der Waals surface area contributed by atoms with Crippen LogP contribution in [0.5, 0.6) is 0 Å². The molecule has 2 unspecified atom stereocenters. The molecule has 2 aliphatic rings. The van der Waals surface area contributed by atoms with Crippen LogP contribution in [0, 0.1) is 11.8 Å². The molecule has 2 rings (SSSR count). The Morgan fingerprint density at radius 3 is 2.58 bits per heavy atom. The van der Waals surface area contributed by atoms with Gasteiger partial charge in [-0.25, -0.2) is 12.7 Å². The van der Waals surface area contributed by atoms with Crippen LogP contribution in [-0.4, -0.2) is 55.9 Å². The fourth-order valence-corrected chi connectivity index (χ4v) is 4.71. The van der Waals surface area contributed by atoms with E-state index in [9.17, 15) is 13.5 Å². The van der Waals surface area contributed by atoms with Gasteiger partial charge in [0, 0.05) is 13.1 Å². The van der Waals surface area contributed by atoms with Crippen molar-refractivity contribution in [3.8, 4) is 0 Å². The summed E-state index contributed by atoms with van der Waals surface area (Å²) in [6.07, 6.45) is 3.33. The molecule has 5 nitrogen and oxygen atoms in total. The Bertz CT molecular complexity index is 377. The Hall–Kier alpha value is -0.170. The highest BCUT2D eigenvalue weighted by molar-refractivity contribution is 7.89. The highest BCUT2D eigenvalue weighted by Crippen LogP contribution is 2.24. The van der Waals surface area contributed by atoms with Gasteiger partial charge < -0.3 is 10.4 Å². The maximum atomic E-state index is 12.3. The molecule has 0 aromatic carbocycles. The monoisotopic (exact) mass is 290 g/mol. The zero-order chi connectivity index (χ0) is 13.9. The minimum Gasteiger partial charge on any atom is -0.393 e. The predicted molar refractivity (Wildman–Crippen MR) is 75.4 cm³/mol. The SMILES string of the molecule is CC(O)C1CCN(S(=O)(=O)CCC2CCNCC2)C1. The zero-order valence-corrected chi connectivity index (χ0v) is 12.5. The second-order valence-electron chi connectivity index (χ2n) is 5.95. The van der Waals surface area contributed by atoms with Crippen molar-refractivity contribution < 1.29 is 13.5 Å². The second kappa shape index (κ2) is 6.52. The molecule has 112 valence electrons. The molecule has 0 radical (unpaired) electrons. The van der Waals surface area contributed by atoms with E-state index in [-0.39, 0.29) is 11.7 Å². The molecule has 0 amide bonds. The van der Waals surface area contributed by atoms with Crippen molar-refractivity contribution in [1.82, 2.24) is 9.62 Å². The quantitative estimate of drug-likeness (QED) is 0.769. The third-order valence-corrected chi connectivity index (χ3v) is 6.38. The topological polar surface area (TPSA) is 69.6 Å². The van der Waals surface area contributed by atoms with Gasteiger partial charge in [0.15, 0.2) is 0 Å². The number of hydrogen-bond acceptors (Lipinski definition) is 4. The van der Waals surface area contributed by atoms with Crippen molar-refractivity contribution in [2.75, 3.05) is 31.9 Å².